The van der Waals surface area contributed by atoms with Crippen LogP contribution < -0.4 is 0 Å². The molecule has 0 saturated heterocycles. The third-order valence-electron chi connectivity index (χ3n) is 1.18. The van der Waals surface area contributed by atoms with E-state index in [-0.39, 0.29) is 5.92 Å². The number of nitriles is 1. The van der Waals surface area contributed by atoms with Crippen molar-refractivity contribution in [3.63, 3.8) is 0 Å². The highest BCUT2D eigenvalue weighted by molar-refractivity contribution is 5.13. The molecule has 0 aromatic carbocycles. The predicted octanol–water partition coefficient (Wildman–Crippen LogP) is 2.83. The van der Waals surface area contributed by atoms with Crippen molar-refractivity contribution >= 4 is 0 Å². The molecule has 0 aromatic rings. The molecule has 0 radical (unpaired) electrons. The maximum atomic E-state index is 8.59. The van der Waals surface area contributed by atoms with Crippen molar-refractivity contribution in [2.24, 2.45) is 5.92 Å². The Hall–Kier alpha value is -1.29. The topological polar surface area (TPSA) is 23.8 Å². The van der Waals surface area contributed by atoms with Gasteiger partial charge in [-0.2, -0.15) is 5.26 Å². The van der Waals surface area contributed by atoms with Crippen LogP contribution >= 0.6 is 0 Å². The molecule has 0 aliphatic carbocycles. The van der Waals surface area contributed by atoms with Crippen molar-refractivity contribution in [2.75, 3.05) is 0 Å². The second-order valence-electron chi connectivity index (χ2n) is 2.11. The van der Waals surface area contributed by atoms with Gasteiger partial charge < -0.3 is 0 Å². The Morgan fingerprint density at radius 2 is 2.27 bits per heavy atom. The SMILES string of the molecule is C=CC=CC(C#N)/C=C\CC. The Labute approximate surface area is 68.3 Å². The number of hydrogen-bond acceptors (Lipinski definition) is 1. The summed E-state index contributed by atoms with van der Waals surface area (Å²) in [5.41, 5.74) is 0. The lowest BCUT2D eigenvalue weighted by Gasteiger charge is -1.91. The van der Waals surface area contributed by atoms with Crippen LogP contribution in [-0.2, 0) is 0 Å². The Kier molecular flexibility index (Phi) is 6.02. The minimum absolute atomic E-state index is 0.104. The van der Waals surface area contributed by atoms with Crippen molar-refractivity contribution in [3.8, 4) is 6.07 Å². The fourth-order valence-electron chi connectivity index (χ4n) is 0.631. The Bertz CT molecular complexity index is 193. The van der Waals surface area contributed by atoms with Gasteiger partial charge in [0.25, 0.3) is 0 Å². The van der Waals surface area contributed by atoms with Crippen LogP contribution in [0.2, 0.25) is 0 Å². The summed E-state index contributed by atoms with van der Waals surface area (Å²) in [5.74, 6) is -0.104. The molecule has 0 bridgehead atoms. The molecule has 0 amide bonds. The molecule has 1 unspecified atom stereocenters. The molecule has 0 rings (SSSR count). The summed E-state index contributed by atoms with van der Waals surface area (Å²) in [6, 6.07) is 2.15. The third kappa shape index (κ3) is 5.17. The number of nitrogens with zero attached hydrogens (tertiary/aromatic N) is 1. The Balaban J connectivity index is 3.98. The fraction of sp³-hybridized carbons (Fsp3) is 0.300. The largest absolute Gasteiger partial charge is 0.197 e. The van der Waals surface area contributed by atoms with Gasteiger partial charge in [-0.25, -0.2) is 0 Å². The first-order valence-electron chi connectivity index (χ1n) is 3.70. The van der Waals surface area contributed by atoms with Gasteiger partial charge in [-0.15, -0.1) is 0 Å². The van der Waals surface area contributed by atoms with E-state index in [1.54, 1.807) is 12.2 Å². The third-order valence-corrected chi connectivity index (χ3v) is 1.18. The molecule has 0 saturated carbocycles. The molecule has 0 aromatic heterocycles. The van der Waals surface area contributed by atoms with Crippen LogP contribution in [0.3, 0.4) is 0 Å². The van der Waals surface area contributed by atoms with E-state index >= 15 is 0 Å². The van der Waals surface area contributed by atoms with E-state index in [2.05, 4.69) is 12.6 Å². The molecule has 11 heavy (non-hydrogen) atoms. The van der Waals surface area contributed by atoms with E-state index in [4.69, 9.17) is 5.26 Å². The van der Waals surface area contributed by atoms with Crippen LogP contribution in [-0.4, -0.2) is 0 Å². The number of rotatable bonds is 4. The van der Waals surface area contributed by atoms with Crippen LogP contribution in [0.1, 0.15) is 13.3 Å². The van der Waals surface area contributed by atoms with Crippen LogP contribution in [0.25, 0.3) is 0 Å². The lowest BCUT2D eigenvalue weighted by molar-refractivity contribution is 1.06. The average molecular weight is 147 g/mol. The van der Waals surface area contributed by atoms with Gasteiger partial charge in [-0.05, 0) is 6.42 Å². The highest BCUT2D eigenvalue weighted by Gasteiger charge is 1.92. The van der Waals surface area contributed by atoms with Gasteiger partial charge in [-0.1, -0.05) is 43.9 Å². The standard InChI is InChI=1S/C10H13N/c1-3-5-7-10(9-11)8-6-4-2/h3,5-8,10H,1,4H2,2H3/b7-5?,8-6-. The van der Waals surface area contributed by atoms with E-state index in [0.717, 1.165) is 6.42 Å². The quantitative estimate of drug-likeness (QED) is 0.443. The summed E-state index contributed by atoms with van der Waals surface area (Å²) < 4.78 is 0. The average Bonchev–Trinajstić information content (AvgIpc) is 2.05. The van der Waals surface area contributed by atoms with Gasteiger partial charge in [0.2, 0.25) is 0 Å². The van der Waals surface area contributed by atoms with Gasteiger partial charge in [0, 0.05) is 0 Å². The summed E-state index contributed by atoms with van der Waals surface area (Å²) in [5, 5.41) is 8.59. The molecule has 1 nitrogen and oxygen atoms in total. The summed E-state index contributed by atoms with van der Waals surface area (Å²) in [6.07, 6.45) is 10.1. The fourth-order valence-corrected chi connectivity index (χ4v) is 0.631. The van der Waals surface area contributed by atoms with E-state index in [9.17, 15) is 0 Å². The Morgan fingerprint density at radius 3 is 2.73 bits per heavy atom. The van der Waals surface area contributed by atoms with Crippen LogP contribution in [0.4, 0.5) is 0 Å². The monoisotopic (exact) mass is 147 g/mol. The molecule has 1 atom stereocenters. The summed E-state index contributed by atoms with van der Waals surface area (Å²) in [7, 11) is 0. The van der Waals surface area contributed by atoms with Crippen molar-refractivity contribution < 1.29 is 0 Å². The zero-order chi connectivity index (χ0) is 8.53. The maximum absolute atomic E-state index is 8.59. The molecular formula is C10H13N. The first kappa shape index (κ1) is 9.71. The Morgan fingerprint density at radius 1 is 1.55 bits per heavy atom. The zero-order valence-corrected chi connectivity index (χ0v) is 6.83. The van der Waals surface area contributed by atoms with Gasteiger partial charge in [0.05, 0.1) is 12.0 Å². The second-order valence-corrected chi connectivity index (χ2v) is 2.11. The molecule has 1 heteroatoms. The minimum atomic E-state index is -0.104. The lowest BCUT2D eigenvalue weighted by atomic mass is 10.1. The van der Waals surface area contributed by atoms with Gasteiger partial charge in [0.1, 0.15) is 0 Å². The van der Waals surface area contributed by atoms with Crippen LogP contribution in [0.15, 0.2) is 37.0 Å². The van der Waals surface area contributed by atoms with Gasteiger partial charge in [0.15, 0.2) is 0 Å². The van der Waals surface area contributed by atoms with E-state index in [1.165, 1.54) is 0 Å². The maximum Gasteiger partial charge on any atom is 0.0827 e. The zero-order valence-electron chi connectivity index (χ0n) is 6.83. The van der Waals surface area contributed by atoms with Crippen LogP contribution in [0.5, 0.6) is 0 Å². The lowest BCUT2D eigenvalue weighted by Crippen LogP contribution is -1.83. The van der Waals surface area contributed by atoms with E-state index in [1.807, 2.05) is 25.2 Å². The summed E-state index contributed by atoms with van der Waals surface area (Å²) in [6.45, 7) is 5.57. The van der Waals surface area contributed by atoms with E-state index < -0.39 is 0 Å². The highest BCUT2D eigenvalue weighted by Crippen LogP contribution is 1.99. The molecule has 0 aliphatic rings. The molecule has 0 spiro atoms. The first-order chi connectivity index (χ1) is 5.35. The predicted molar refractivity (Wildman–Crippen MR) is 47.9 cm³/mol. The van der Waals surface area contributed by atoms with Crippen molar-refractivity contribution in [2.45, 2.75) is 13.3 Å². The smallest absolute Gasteiger partial charge is 0.0827 e. The van der Waals surface area contributed by atoms with Crippen LogP contribution in [0, 0.1) is 17.2 Å². The molecule has 58 valence electrons. The van der Waals surface area contributed by atoms with Crippen molar-refractivity contribution in [1.29, 1.82) is 5.26 Å². The molecule has 0 heterocycles. The minimum Gasteiger partial charge on any atom is -0.197 e. The molecule has 0 aliphatic heterocycles. The van der Waals surface area contributed by atoms with Gasteiger partial charge in [-0.3, -0.25) is 0 Å². The molecule has 0 N–H and O–H groups in total. The van der Waals surface area contributed by atoms with E-state index in [0.29, 0.717) is 0 Å². The summed E-state index contributed by atoms with van der Waals surface area (Å²) >= 11 is 0. The van der Waals surface area contributed by atoms with Gasteiger partial charge >= 0.3 is 0 Å². The number of allylic oxidation sites excluding steroid dienone is 5. The first-order valence-corrected chi connectivity index (χ1v) is 3.70. The highest BCUT2D eigenvalue weighted by atomic mass is 14.2. The molecule has 0 fully saturated rings. The molecular weight excluding hydrogens is 134 g/mol. The normalized spacial score (nSPS) is 13.5. The summed E-state index contributed by atoms with van der Waals surface area (Å²) in [4.78, 5) is 0. The van der Waals surface area contributed by atoms with Crippen molar-refractivity contribution in [1.82, 2.24) is 0 Å². The second kappa shape index (κ2) is 6.82. The number of hydrogen-bond donors (Lipinski definition) is 0. The van der Waals surface area contributed by atoms with Crippen molar-refractivity contribution in [3.05, 3.63) is 37.0 Å².